The van der Waals surface area contributed by atoms with E-state index in [-0.39, 0.29) is 0 Å². The van der Waals surface area contributed by atoms with Crippen LogP contribution in [0.5, 0.6) is 0 Å². The van der Waals surface area contributed by atoms with Crippen LogP contribution < -0.4 is 5.32 Å². The zero-order valence-corrected chi connectivity index (χ0v) is 13.2. The molecular weight excluding hydrogens is 234 g/mol. The lowest BCUT2D eigenvalue weighted by Crippen LogP contribution is -2.32. The minimum absolute atomic E-state index is 0.497. The first-order valence-corrected chi connectivity index (χ1v) is 7.93. The summed E-state index contributed by atoms with van der Waals surface area (Å²) in [6, 6.07) is 0. The van der Waals surface area contributed by atoms with Crippen LogP contribution in [0.1, 0.15) is 52.9 Å². The molecule has 0 saturated heterocycles. The van der Waals surface area contributed by atoms with E-state index in [4.69, 9.17) is 4.74 Å². The van der Waals surface area contributed by atoms with Crippen LogP contribution in [0.25, 0.3) is 0 Å². The van der Waals surface area contributed by atoms with E-state index in [1.165, 1.54) is 32.2 Å². The molecule has 0 amide bonds. The summed E-state index contributed by atoms with van der Waals surface area (Å²) < 4.78 is 5.49. The number of rotatable bonds is 8. The Morgan fingerprint density at radius 2 is 1.84 bits per heavy atom. The highest BCUT2D eigenvalue weighted by molar-refractivity contribution is 4.81. The normalized spacial score (nSPS) is 24.4. The van der Waals surface area contributed by atoms with Crippen molar-refractivity contribution in [2.24, 2.45) is 17.3 Å². The highest BCUT2D eigenvalue weighted by atomic mass is 16.5. The molecule has 0 aromatic rings. The minimum Gasteiger partial charge on any atom is -0.380 e. The minimum atomic E-state index is 0.497. The second-order valence-electron chi connectivity index (χ2n) is 6.98. The van der Waals surface area contributed by atoms with Gasteiger partial charge in [-0.05, 0) is 55.9 Å². The van der Waals surface area contributed by atoms with Crippen molar-refractivity contribution in [1.29, 1.82) is 0 Å². The SMILES string of the molecule is C=CCCOCCNCC1CCC(C(C)(C)C)CC1. The second-order valence-corrected chi connectivity index (χ2v) is 6.98. The maximum absolute atomic E-state index is 5.49. The van der Waals surface area contributed by atoms with Crippen LogP contribution in [-0.2, 0) is 4.74 Å². The fourth-order valence-corrected chi connectivity index (χ4v) is 2.95. The molecule has 1 saturated carbocycles. The van der Waals surface area contributed by atoms with Crippen molar-refractivity contribution in [3.63, 3.8) is 0 Å². The molecule has 0 aromatic heterocycles. The van der Waals surface area contributed by atoms with E-state index >= 15 is 0 Å². The van der Waals surface area contributed by atoms with Crippen LogP contribution in [0.4, 0.5) is 0 Å². The molecule has 0 atom stereocenters. The summed E-state index contributed by atoms with van der Waals surface area (Å²) >= 11 is 0. The summed E-state index contributed by atoms with van der Waals surface area (Å²) in [5, 5.41) is 3.53. The number of hydrogen-bond donors (Lipinski definition) is 1. The van der Waals surface area contributed by atoms with Gasteiger partial charge in [-0.15, -0.1) is 6.58 Å². The molecule has 0 bridgehead atoms. The zero-order valence-electron chi connectivity index (χ0n) is 13.2. The van der Waals surface area contributed by atoms with Crippen molar-refractivity contribution < 1.29 is 4.74 Å². The summed E-state index contributed by atoms with van der Waals surface area (Å²) in [4.78, 5) is 0. The molecule has 2 nitrogen and oxygen atoms in total. The summed E-state index contributed by atoms with van der Waals surface area (Å²) in [6.45, 7) is 14.6. The van der Waals surface area contributed by atoms with E-state index in [1.54, 1.807) is 0 Å². The highest BCUT2D eigenvalue weighted by Gasteiger charge is 2.29. The van der Waals surface area contributed by atoms with Crippen LogP contribution in [0.15, 0.2) is 12.7 Å². The molecule has 1 fully saturated rings. The van der Waals surface area contributed by atoms with Crippen LogP contribution in [0.3, 0.4) is 0 Å². The van der Waals surface area contributed by atoms with Crippen LogP contribution in [0, 0.1) is 17.3 Å². The highest BCUT2D eigenvalue weighted by Crippen LogP contribution is 2.39. The van der Waals surface area contributed by atoms with Gasteiger partial charge in [0.25, 0.3) is 0 Å². The van der Waals surface area contributed by atoms with Crippen molar-refractivity contribution in [3.8, 4) is 0 Å². The first-order chi connectivity index (χ1) is 9.04. The largest absolute Gasteiger partial charge is 0.380 e. The number of nitrogens with one attached hydrogen (secondary N) is 1. The molecule has 0 radical (unpaired) electrons. The van der Waals surface area contributed by atoms with E-state index in [1.807, 2.05) is 6.08 Å². The number of hydrogen-bond acceptors (Lipinski definition) is 2. The predicted molar refractivity (Wildman–Crippen MR) is 83.4 cm³/mol. The van der Waals surface area contributed by atoms with Gasteiger partial charge in [0, 0.05) is 6.54 Å². The maximum atomic E-state index is 5.49. The van der Waals surface area contributed by atoms with Crippen molar-refractivity contribution in [3.05, 3.63) is 12.7 Å². The standard InChI is InChI=1S/C17H33NO/c1-5-6-12-19-13-11-18-14-15-7-9-16(10-8-15)17(2,3)4/h5,15-16,18H,1,6-14H2,2-4H3. The fourth-order valence-electron chi connectivity index (χ4n) is 2.95. The second kappa shape index (κ2) is 8.76. The van der Waals surface area contributed by atoms with Gasteiger partial charge in [-0.2, -0.15) is 0 Å². The van der Waals surface area contributed by atoms with Crippen LogP contribution in [0.2, 0.25) is 0 Å². The Morgan fingerprint density at radius 3 is 2.42 bits per heavy atom. The number of ether oxygens (including phenoxy) is 1. The van der Waals surface area contributed by atoms with E-state index in [9.17, 15) is 0 Å². The zero-order chi connectivity index (χ0) is 14.1. The van der Waals surface area contributed by atoms with Crippen molar-refractivity contribution in [2.45, 2.75) is 52.9 Å². The Labute approximate surface area is 120 Å². The van der Waals surface area contributed by atoms with Gasteiger partial charge in [-0.3, -0.25) is 0 Å². The van der Waals surface area contributed by atoms with Crippen molar-refractivity contribution >= 4 is 0 Å². The van der Waals surface area contributed by atoms with E-state index in [0.29, 0.717) is 5.41 Å². The Bertz CT molecular complexity index is 236. The quantitative estimate of drug-likeness (QED) is 0.530. The average Bonchev–Trinajstić information content (AvgIpc) is 2.37. The smallest absolute Gasteiger partial charge is 0.0591 e. The van der Waals surface area contributed by atoms with Gasteiger partial charge in [0.05, 0.1) is 13.2 Å². The molecule has 0 aromatic carbocycles. The molecule has 0 unspecified atom stereocenters. The topological polar surface area (TPSA) is 21.3 Å². The first-order valence-electron chi connectivity index (χ1n) is 7.93. The van der Waals surface area contributed by atoms with Gasteiger partial charge in [-0.1, -0.05) is 26.8 Å². The molecule has 19 heavy (non-hydrogen) atoms. The molecule has 1 aliphatic carbocycles. The van der Waals surface area contributed by atoms with Crippen molar-refractivity contribution in [1.82, 2.24) is 5.32 Å². The van der Waals surface area contributed by atoms with Gasteiger partial charge >= 0.3 is 0 Å². The van der Waals surface area contributed by atoms with Crippen molar-refractivity contribution in [2.75, 3.05) is 26.3 Å². The monoisotopic (exact) mass is 267 g/mol. The van der Waals surface area contributed by atoms with E-state index < -0.39 is 0 Å². The molecule has 112 valence electrons. The average molecular weight is 267 g/mol. The van der Waals surface area contributed by atoms with E-state index in [2.05, 4.69) is 32.7 Å². The lowest BCUT2D eigenvalue weighted by atomic mass is 9.70. The van der Waals surface area contributed by atoms with Crippen LogP contribution >= 0.6 is 0 Å². The third-order valence-electron chi connectivity index (χ3n) is 4.39. The summed E-state index contributed by atoms with van der Waals surface area (Å²) in [7, 11) is 0. The molecule has 0 aliphatic heterocycles. The third kappa shape index (κ3) is 7.12. The predicted octanol–water partition coefficient (Wildman–Crippen LogP) is 4.02. The van der Waals surface area contributed by atoms with Gasteiger partial charge in [0.15, 0.2) is 0 Å². The first kappa shape index (κ1) is 16.7. The van der Waals surface area contributed by atoms with Gasteiger partial charge < -0.3 is 10.1 Å². The molecule has 0 spiro atoms. The summed E-state index contributed by atoms with van der Waals surface area (Å²) in [6.07, 6.45) is 8.47. The third-order valence-corrected chi connectivity index (χ3v) is 4.39. The lowest BCUT2D eigenvalue weighted by Gasteiger charge is -2.37. The van der Waals surface area contributed by atoms with Crippen LogP contribution in [-0.4, -0.2) is 26.3 Å². The van der Waals surface area contributed by atoms with E-state index in [0.717, 1.165) is 38.0 Å². The molecule has 1 rings (SSSR count). The van der Waals surface area contributed by atoms with Gasteiger partial charge in [-0.25, -0.2) is 0 Å². The Hall–Kier alpha value is -0.340. The molecule has 1 aliphatic rings. The lowest BCUT2D eigenvalue weighted by molar-refractivity contribution is 0.132. The van der Waals surface area contributed by atoms with Gasteiger partial charge in [0.2, 0.25) is 0 Å². The molecule has 2 heteroatoms. The molecule has 1 N–H and O–H groups in total. The molecule has 0 heterocycles. The Kier molecular flexibility index (Phi) is 7.70. The fraction of sp³-hybridized carbons (Fsp3) is 0.882. The molecular formula is C17H33NO. The Balaban J connectivity index is 1.99. The van der Waals surface area contributed by atoms with Gasteiger partial charge in [0.1, 0.15) is 0 Å². The summed E-state index contributed by atoms with van der Waals surface area (Å²) in [5.41, 5.74) is 0.497. The summed E-state index contributed by atoms with van der Waals surface area (Å²) in [5.74, 6) is 1.80. The maximum Gasteiger partial charge on any atom is 0.0591 e. The Morgan fingerprint density at radius 1 is 1.16 bits per heavy atom.